The van der Waals surface area contributed by atoms with Crippen molar-refractivity contribution in [3.05, 3.63) is 35.4 Å². The molecule has 0 radical (unpaired) electrons. The zero-order chi connectivity index (χ0) is 10.5. The second-order valence-electron chi connectivity index (χ2n) is 4.34. The van der Waals surface area contributed by atoms with Crippen molar-refractivity contribution in [3.63, 3.8) is 0 Å². The van der Waals surface area contributed by atoms with Crippen LogP contribution in [0.3, 0.4) is 0 Å². The average molecular weight is 202 g/mol. The SMILES string of the molecule is O=C1CC2(Cc3ccccc3C2)C(=O)O1. The number of fused-ring (bicyclic) bond motifs is 1. The first-order chi connectivity index (χ1) is 7.20. The highest BCUT2D eigenvalue weighted by atomic mass is 16.6. The van der Waals surface area contributed by atoms with Crippen molar-refractivity contribution < 1.29 is 14.3 Å². The van der Waals surface area contributed by atoms with Crippen LogP contribution in [-0.2, 0) is 27.2 Å². The molecule has 3 nitrogen and oxygen atoms in total. The summed E-state index contributed by atoms with van der Waals surface area (Å²) in [6.45, 7) is 0. The van der Waals surface area contributed by atoms with Crippen LogP contribution < -0.4 is 0 Å². The van der Waals surface area contributed by atoms with Crippen molar-refractivity contribution >= 4 is 11.9 Å². The van der Waals surface area contributed by atoms with E-state index in [4.69, 9.17) is 0 Å². The van der Waals surface area contributed by atoms with Gasteiger partial charge in [0.1, 0.15) is 0 Å². The van der Waals surface area contributed by atoms with Gasteiger partial charge in [-0.25, -0.2) is 0 Å². The third-order valence-corrected chi connectivity index (χ3v) is 3.30. The Balaban J connectivity index is 2.01. The predicted octanol–water partition coefficient (Wildman–Crippen LogP) is 1.25. The van der Waals surface area contributed by atoms with Crippen LogP contribution >= 0.6 is 0 Å². The van der Waals surface area contributed by atoms with Gasteiger partial charge in [-0.1, -0.05) is 24.3 Å². The summed E-state index contributed by atoms with van der Waals surface area (Å²) in [6, 6.07) is 7.94. The van der Waals surface area contributed by atoms with Crippen LogP contribution in [0, 0.1) is 5.41 Å². The number of rotatable bonds is 0. The lowest BCUT2D eigenvalue weighted by atomic mass is 9.83. The second kappa shape index (κ2) is 2.69. The molecule has 1 fully saturated rings. The summed E-state index contributed by atoms with van der Waals surface area (Å²) >= 11 is 0. The summed E-state index contributed by atoms with van der Waals surface area (Å²) in [6.07, 6.45) is 1.53. The highest BCUT2D eigenvalue weighted by Crippen LogP contribution is 2.44. The van der Waals surface area contributed by atoms with E-state index in [0.29, 0.717) is 12.8 Å². The Bertz CT molecular complexity index is 437. The monoisotopic (exact) mass is 202 g/mol. The zero-order valence-corrected chi connectivity index (χ0v) is 8.16. The molecular weight excluding hydrogens is 192 g/mol. The highest BCUT2D eigenvalue weighted by Gasteiger charge is 2.52. The molecule has 2 aliphatic rings. The molecule has 15 heavy (non-hydrogen) atoms. The second-order valence-corrected chi connectivity index (χ2v) is 4.34. The molecule has 0 aromatic heterocycles. The molecule has 1 spiro atoms. The number of esters is 2. The minimum absolute atomic E-state index is 0.237. The summed E-state index contributed by atoms with van der Waals surface area (Å²) in [5, 5.41) is 0. The summed E-state index contributed by atoms with van der Waals surface area (Å²) in [5.74, 6) is -0.725. The molecule has 1 saturated heterocycles. The molecule has 1 aromatic carbocycles. The van der Waals surface area contributed by atoms with Crippen LogP contribution in [0.2, 0.25) is 0 Å². The topological polar surface area (TPSA) is 43.4 Å². The van der Waals surface area contributed by atoms with Crippen LogP contribution in [0.1, 0.15) is 17.5 Å². The van der Waals surface area contributed by atoms with Gasteiger partial charge in [-0.15, -0.1) is 0 Å². The number of hydrogen-bond acceptors (Lipinski definition) is 3. The zero-order valence-electron chi connectivity index (χ0n) is 8.16. The van der Waals surface area contributed by atoms with Crippen molar-refractivity contribution in [3.8, 4) is 0 Å². The molecule has 0 N–H and O–H groups in total. The maximum atomic E-state index is 11.6. The van der Waals surface area contributed by atoms with Gasteiger partial charge in [-0.2, -0.15) is 0 Å². The third kappa shape index (κ3) is 1.12. The van der Waals surface area contributed by atoms with E-state index in [1.54, 1.807) is 0 Å². The van der Waals surface area contributed by atoms with E-state index in [2.05, 4.69) is 4.74 Å². The first-order valence-corrected chi connectivity index (χ1v) is 5.02. The number of carbonyl (C=O) groups excluding carboxylic acids is 2. The Morgan fingerprint density at radius 3 is 2.07 bits per heavy atom. The van der Waals surface area contributed by atoms with E-state index < -0.39 is 5.41 Å². The number of ether oxygens (including phenoxy) is 1. The lowest BCUT2D eigenvalue weighted by molar-refractivity contribution is -0.155. The molecule has 1 aliphatic heterocycles. The molecule has 3 heteroatoms. The van der Waals surface area contributed by atoms with Gasteiger partial charge in [0.25, 0.3) is 0 Å². The van der Waals surface area contributed by atoms with E-state index in [1.807, 2.05) is 24.3 Å². The standard InChI is InChI=1S/C12H10O3/c13-10-7-12(11(14)15-10)5-8-3-1-2-4-9(8)6-12/h1-4H,5-7H2. The van der Waals surface area contributed by atoms with E-state index in [-0.39, 0.29) is 18.4 Å². The lowest BCUT2D eigenvalue weighted by Gasteiger charge is -2.14. The van der Waals surface area contributed by atoms with Gasteiger partial charge in [-0.05, 0) is 24.0 Å². The van der Waals surface area contributed by atoms with Gasteiger partial charge >= 0.3 is 11.9 Å². The fourth-order valence-electron chi connectivity index (χ4n) is 2.56. The van der Waals surface area contributed by atoms with Crippen molar-refractivity contribution in [2.24, 2.45) is 5.41 Å². The summed E-state index contributed by atoms with van der Waals surface area (Å²) < 4.78 is 4.65. The summed E-state index contributed by atoms with van der Waals surface area (Å²) in [7, 11) is 0. The average Bonchev–Trinajstić information content (AvgIpc) is 2.67. The van der Waals surface area contributed by atoms with Crippen molar-refractivity contribution in [2.75, 3.05) is 0 Å². The molecule has 0 saturated carbocycles. The quantitative estimate of drug-likeness (QED) is 0.469. The van der Waals surface area contributed by atoms with Gasteiger partial charge in [0.15, 0.2) is 0 Å². The minimum Gasteiger partial charge on any atom is -0.393 e. The molecule has 1 aromatic rings. The number of hydrogen-bond donors (Lipinski definition) is 0. The van der Waals surface area contributed by atoms with E-state index in [9.17, 15) is 9.59 Å². The fraction of sp³-hybridized carbons (Fsp3) is 0.333. The summed E-state index contributed by atoms with van der Waals surface area (Å²) in [5.41, 5.74) is 1.76. The Kier molecular flexibility index (Phi) is 1.55. The predicted molar refractivity (Wildman–Crippen MR) is 52.0 cm³/mol. The maximum absolute atomic E-state index is 11.6. The molecule has 3 rings (SSSR count). The molecule has 76 valence electrons. The number of benzene rings is 1. The van der Waals surface area contributed by atoms with Crippen molar-refractivity contribution in [1.82, 2.24) is 0 Å². The van der Waals surface area contributed by atoms with Crippen LogP contribution in [0.4, 0.5) is 0 Å². The maximum Gasteiger partial charge on any atom is 0.320 e. The van der Waals surface area contributed by atoms with E-state index in [1.165, 1.54) is 11.1 Å². The number of cyclic esters (lactones) is 2. The van der Waals surface area contributed by atoms with Gasteiger partial charge < -0.3 is 4.74 Å². The van der Waals surface area contributed by atoms with Crippen molar-refractivity contribution in [1.29, 1.82) is 0 Å². The minimum atomic E-state index is -0.583. The van der Waals surface area contributed by atoms with Crippen LogP contribution in [0.15, 0.2) is 24.3 Å². The molecule has 0 amide bonds. The summed E-state index contributed by atoms with van der Waals surface area (Å²) in [4.78, 5) is 22.8. The van der Waals surface area contributed by atoms with Crippen LogP contribution in [0.25, 0.3) is 0 Å². The van der Waals surface area contributed by atoms with Gasteiger partial charge in [0, 0.05) is 0 Å². The van der Waals surface area contributed by atoms with Crippen LogP contribution in [-0.4, -0.2) is 11.9 Å². The molecule has 0 bridgehead atoms. The molecule has 1 aliphatic carbocycles. The molecule has 1 heterocycles. The third-order valence-electron chi connectivity index (χ3n) is 3.30. The van der Waals surface area contributed by atoms with Gasteiger partial charge in [-0.3, -0.25) is 9.59 Å². The Hall–Kier alpha value is -1.64. The van der Waals surface area contributed by atoms with Crippen molar-refractivity contribution in [2.45, 2.75) is 19.3 Å². The Morgan fingerprint density at radius 2 is 1.60 bits per heavy atom. The smallest absolute Gasteiger partial charge is 0.320 e. The largest absolute Gasteiger partial charge is 0.393 e. The first-order valence-electron chi connectivity index (χ1n) is 5.02. The Morgan fingerprint density at radius 1 is 1.00 bits per heavy atom. The lowest BCUT2D eigenvalue weighted by Crippen LogP contribution is -2.26. The molecule has 0 unspecified atom stereocenters. The van der Waals surface area contributed by atoms with Gasteiger partial charge in [0.05, 0.1) is 11.8 Å². The fourth-order valence-corrected chi connectivity index (χ4v) is 2.56. The Labute approximate surface area is 87.0 Å². The first kappa shape index (κ1) is 8.65. The van der Waals surface area contributed by atoms with E-state index in [0.717, 1.165) is 0 Å². The van der Waals surface area contributed by atoms with E-state index >= 15 is 0 Å². The highest BCUT2D eigenvalue weighted by molar-refractivity contribution is 5.98. The normalized spacial score (nSPS) is 21.9. The molecular formula is C12H10O3. The van der Waals surface area contributed by atoms with Gasteiger partial charge in [0.2, 0.25) is 0 Å². The molecule has 0 atom stereocenters. The number of carbonyl (C=O) groups is 2. The van der Waals surface area contributed by atoms with Crippen LogP contribution in [0.5, 0.6) is 0 Å².